The molecule has 0 atom stereocenters. The van der Waals surface area contributed by atoms with Gasteiger partial charge in [-0.25, -0.2) is 0 Å². The van der Waals surface area contributed by atoms with Crippen molar-refractivity contribution in [2.45, 2.75) is 43.6 Å². The van der Waals surface area contributed by atoms with Gasteiger partial charge in [0.1, 0.15) is 5.41 Å². The molecule has 7 nitrogen and oxygen atoms in total. The molecule has 2 fully saturated rings. The van der Waals surface area contributed by atoms with Crippen LogP contribution in [0.1, 0.15) is 37.4 Å². The Balaban J connectivity index is 1.68. The molecule has 0 aromatic carbocycles. The highest BCUT2D eigenvalue weighted by molar-refractivity contribution is 5.78. The number of hydrogen-bond acceptors (Lipinski definition) is 6. The van der Waals surface area contributed by atoms with Gasteiger partial charge >= 0.3 is 0 Å². The van der Waals surface area contributed by atoms with Crippen molar-refractivity contribution in [3.8, 4) is 6.07 Å². The fourth-order valence-electron chi connectivity index (χ4n) is 2.40. The van der Waals surface area contributed by atoms with Crippen LogP contribution in [-0.2, 0) is 16.6 Å². The molecule has 0 spiro atoms. The number of carbonyl (C=O) groups is 1. The van der Waals surface area contributed by atoms with Gasteiger partial charge in [0.05, 0.1) is 12.5 Å². The molecule has 2 N–H and O–H groups in total. The Hall–Kier alpha value is -1.94. The predicted molar refractivity (Wildman–Crippen MR) is 68.6 cm³/mol. The third-order valence-electron chi connectivity index (χ3n) is 3.81. The normalized spacial score (nSPS) is 21.1. The van der Waals surface area contributed by atoms with E-state index in [2.05, 4.69) is 26.8 Å². The molecule has 20 heavy (non-hydrogen) atoms. The third-order valence-corrected chi connectivity index (χ3v) is 3.81. The lowest BCUT2D eigenvalue weighted by atomic mass is 9.80. The van der Waals surface area contributed by atoms with Crippen LogP contribution in [0.3, 0.4) is 0 Å². The molecule has 3 rings (SSSR count). The zero-order valence-corrected chi connectivity index (χ0v) is 11.2. The lowest BCUT2D eigenvalue weighted by Gasteiger charge is -2.27. The Kier molecular flexibility index (Phi) is 3.40. The summed E-state index contributed by atoms with van der Waals surface area (Å²) in [7, 11) is 0. The van der Waals surface area contributed by atoms with Crippen LogP contribution in [0.5, 0.6) is 0 Å². The second kappa shape index (κ2) is 5.21. The number of nitrogens with zero attached hydrogens (tertiary/aromatic N) is 3. The predicted octanol–water partition coefficient (Wildman–Crippen LogP) is 0.0355. The van der Waals surface area contributed by atoms with Crippen LogP contribution in [0.15, 0.2) is 4.52 Å². The second-order valence-corrected chi connectivity index (χ2v) is 5.48. The van der Waals surface area contributed by atoms with E-state index >= 15 is 0 Å². The third kappa shape index (κ3) is 2.65. The number of nitriles is 1. The van der Waals surface area contributed by atoms with Crippen molar-refractivity contribution in [2.75, 3.05) is 13.1 Å². The first-order chi connectivity index (χ1) is 9.72. The summed E-state index contributed by atoms with van der Waals surface area (Å²) in [6, 6.07) is 2.63. The van der Waals surface area contributed by atoms with Crippen LogP contribution >= 0.6 is 0 Å². The monoisotopic (exact) mass is 275 g/mol. The number of aromatic nitrogens is 2. The molecule has 1 amide bonds. The summed E-state index contributed by atoms with van der Waals surface area (Å²) in [6.45, 7) is 1.51. The van der Waals surface area contributed by atoms with E-state index in [1.54, 1.807) is 0 Å². The number of piperidine rings is 1. The zero-order chi connectivity index (χ0) is 14.0. The summed E-state index contributed by atoms with van der Waals surface area (Å²) >= 11 is 0. The average molecular weight is 275 g/mol. The second-order valence-electron chi connectivity index (χ2n) is 5.48. The fourth-order valence-corrected chi connectivity index (χ4v) is 2.40. The minimum Gasteiger partial charge on any atom is -0.353 e. The molecule has 1 saturated carbocycles. The van der Waals surface area contributed by atoms with E-state index in [0.717, 1.165) is 25.9 Å². The zero-order valence-electron chi connectivity index (χ0n) is 11.2. The van der Waals surface area contributed by atoms with Crippen molar-refractivity contribution < 1.29 is 9.32 Å². The largest absolute Gasteiger partial charge is 0.353 e. The summed E-state index contributed by atoms with van der Waals surface area (Å²) < 4.78 is 5.23. The van der Waals surface area contributed by atoms with Crippen LogP contribution in [0.25, 0.3) is 0 Å². The van der Waals surface area contributed by atoms with Gasteiger partial charge in [-0.1, -0.05) is 5.16 Å². The minimum absolute atomic E-state index is 0.0869. The van der Waals surface area contributed by atoms with Crippen molar-refractivity contribution in [3.05, 3.63) is 11.7 Å². The van der Waals surface area contributed by atoms with Gasteiger partial charge in [0.25, 0.3) is 0 Å². The summed E-state index contributed by atoms with van der Waals surface area (Å²) in [5.74, 6) is 0.609. The van der Waals surface area contributed by atoms with Gasteiger partial charge in [-0.15, -0.1) is 0 Å². The van der Waals surface area contributed by atoms with Gasteiger partial charge in [-0.2, -0.15) is 10.2 Å². The van der Waals surface area contributed by atoms with E-state index in [4.69, 9.17) is 4.52 Å². The van der Waals surface area contributed by atoms with Crippen LogP contribution in [0.2, 0.25) is 0 Å². The van der Waals surface area contributed by atoms with Gasteiger partial charge in [-0.05, 0) is 38.8 Å². The lowest BCUT2D eigenvalue weighted by Crippen LogP contribution is -2.39. The quantitative estimate of drug-likeness (QED) is 0.803. The summed E-state index contributed by atoms with van der Waals surface area (Å²) in [5, 5.41) is 19.3. The first-order valence-electron chi connectivity index (χ1n) is 6.96. The molecule has 7 heteroatoms. The Bertz CT molecular complexity index is 537. The van der Waals surface area contributed by atoms with Crippen molar-refractivity contribution in [3.63, 3.8) is 0 Å². The van der Waals surface area contributed by atoms with E-state index in [9.17, 15) is 10.1 Å². The average Bonchev–Trinajstić information content (AvgIpc) is 3.15. The van der Waals surface area contributed by atoms with Crippen LogP contribution in [0.4, 0.5) is 0 Å². The number of rotatable bonds is 4. The van der Waals surface area contributed by atoms with E-state index < -0.39 is 5.41 Å². The molecule has 2 heterocycles. The highest BCUT2D eigenvalue weighted by Gasteiger charge is 2.39. The number of carbonyl (C=O) groups excluding carboxylic acids is 1. The van der Waals surface area contributed by atoms with Gasteiger partial charge in [0.15, 0.2) is 5.82 Å². The summed E-state index contributed by atoms with van der Waals surface area (Å²) in [4.78, 5) is 15.9. The number of nitrogens with one attached hydrogen (secondary N) is 2. The van der Waals surface area contributed by atoms with Gasteiger partial charge < -0.3 is 15.2 Å². The van der Waals surface area contributed by atoms with E-state index in [1.807, 2.05) is 0 Å². The molecule has 1 aliphatic carbocycles. The Labute approximate surface area is 116 Å². The highest BCUT2D eigenvalue weighted by Crippen LogP contribution is 2.31. The Morgan fingerprint density at radius 2 is 2.25 bits per heavy atom. The maximum absolute atomic E-state index is 11.7. The van der Waals surface area contributed by atoms with Crippen molar-refractivity contribution in [1.82, 2.24) is 20.8 Å². The molecular weight excluding hydrogens is 258 g/mol. The topological polar surface area (TPSA) is 104 Å². The van der Waals surface area contributed by atoms with E-state index in [-0.39, 0.29) is 12.3 Å². The molecule has 0 radical (unpaired) electrons. The SMILES string of the molecule is N#CC1(c2nc(CC(=O)NC3CC3)no2)CCNCC1. The van der Waals surface area contributed by atoms with Gasteiger partial charge in [-0.3, -0.25) is 4.79 Å². The van der Waals surface area contributed by atoms with Crippen LogP contribution in [0, 0.1) is 11.3 Å². The molecule has 1 aliphatic heterocycles. The molecular formula is C13H17N5O2. The molecule has 0 unspecified atom stereocenters. The minimum atomic E-state index is -0.705. The Morgan fingerprint density at radius 1 is 1.50 bits per heavy atom. The molecule has 106 valence electrons. The highest BCUT2D eigenvalue weighted by atomic mass is 16.5. The van der Waals surface area contributed by atoms with Crippen molar-refractivity contribution in [1.29, 1.82) is 5.26 Å². The molecule has 2 aliphatic rings. The van der Waals surface area contributed by atoms with Crippen molar-refractivity contribution >= 4 is 5.91 Å². The van der Waals surface area contributed by atoms with Crippen LogP contribution < -0.4 is 10.6 Å². The fraction of sp³-hybridized carbons (Fsp3) is 0.692. The molecule has 0 bridgehead atoms. The van der Waals surface area contributed by atoms with E-state index in [1.165, 1.54) is 0 Å². The molecule has 1 saturated heterocycles. The van der Waals surface area contributed by atoms with Gasteiger partial charge in [0.2, 0.25) is 11.8 Å². The summed E-state index contributed by atoms with van der Waals surface area (Å²) in [6.07, 6.45) is 3.51. The van der Waals surface area contributed by atoms with E-state index in [0.29, 0.717) is 30.6 Å². The standard InChI is InChI=1S/C13H17N5O2/c14-8-13(3-5-15-6-4-13)12-17-10(18-20-12)7-11(19)16-9-1-2-9/h9,15H,1-7H2,(H,16,19). The molecule has 1 aromatic heterocycles. The molecule has 1 aromatic rings. The maximum Gasteiger partial charge on any atom is 0.247 e. The Morgan fingerprint density at radius 3 is 2.90 bits per heavy atom. The van der Waals surface area contributed by atoms with Crippen LogP contribution in [-0.4, -0.2) is 35.2 Å². The first-order valence-corrected chi connectivity index (χ1v) is 6.96. The first kappa shape index (κ1) is 13.1. The van der Waals surface area contributed by atoms with Crippen molar-refractivity contribution in [2.24, 2.45) is 0 Å². The number of amides is 1. The number of hydrogen-bond donors (Lipinski definition) is 2. The maximum atomic E-state index is 11.7. The lowest BCUT2D eigenvalue weighted by molar-refractivity contribution is -0.120. The van der Waals surface area contributed by atoms with Gasteiger partial charge in [0, 0.05) is 6.04 Å². The summed E-state index contributed by atoms with van der Waals surface area (Å²) in [5.41, 5.74) is -0.705. The smallest absolute Gasteiger partial charge is 0.247 e.